The van der Waals surface area contributed by atoms with Crippen LogP contribution >= 0.6 is 27.3 Å². The monoisotopic (exact) mass is 367 g/mol. The molecule has 4 nitrogen and oxygen atoms in total. The lowest BCUT2D eigenvalue weighted by Gasteiger charge is -2.06. The van der Waals surface area contributed by atoms with Crippen molar-refractivity contribution in [2.45, 2.75) is 6.42 Å². The van der Waals surface area contributed by atoms with E-state index >= 15 is 0 Å². The Labute approximate surface area is 135 Å². The van der Waals surface area contributed by atoms with Crippen molar-refractivity contribution in [2.24, 2.45) is 0 Å². The van der Waals surface area contributed by atoms with Gasteiger partial charge in [0.05, 0.1) is 5.56 Å². The third-order valence-electron chi connectivity index (χ3n) is 2.69. The topological polar surface area (TPSA) is 55.4 Å². The fourth-order valence-electron chi connectivity index (χ4n) is 1.63. The first-order valence-corrected chi connectivity index (χ1v) is 8.04. The van der Waals surface area contributed by atoms with E-state index in [-0.39, 0.29) is 12.5 Å². The van der Waals surface area contributed by atoms with Crippen LogP contribution in [0.3, 0.4) is 0 Å². The Kier molecular flexibility index (Phi) is 5.95. The molecule has 1 N–H and O–H groups in total. The fourth-order valence-corrected chi connectivity index (χ4v) is 2.60. The van der Waals surface area contributed by atoms with E-state index in [1.807, 2.05) is 17.5 Å². The second-order valence-electron chi connectivity index (χ2n) is 4.26. The Morgan fingerprint density at radius 2 is 1.95 bits per heavy atom. The van der Waals surface area contributed by atoms with Crippen LogP contribution in [0.1, 0.15) is 15.2 Å². The van der Waals surface area contributed by atoms with Gasteiger partial charge in [-0.3, -0.25) is 4.79 Å². The number of hydrogen-bond donors (Lipinski definition) is 1. The molecule has 2 aromatic rings. The number of thiophene rings is 1. The van der Waals surface area contributed by atoms with Crippen molar-refractivity contribution in [3.05, 3.63) is 56.7 Å². The zero-order valence-corrected chi connectivity index (χ0v) is 13.6. The largest absolute Gasteiger partial charge is 0.452 e. The lowest BCUT2D eigenvalue weighted by atomic mass is 10.2. The minimum absolute atomic E-state index is 0.265. The third kappa shape index (κ3) is 5.32. The molecule has 0 aliphatic heterocycles. The van der Waals surface area contributed by atoms with Crippen LogP contribution in [0.2, 0.25) is 0 Å². The zero-order valence-electron chi connectivity index (χ0n) is 11.2. The Morgan fingerprint density at radius 1 is 1.19 bits per heavy atom. The molecule has 2 rings (SSSR count). The van der Waals surface area contributed by atoms with Crippen molar-refractivity contribution in [3.8, 4) is 0 Å². The van der Waals surface area contributed by atoms with E-state index in [1.54, 1.807) is 35.6 Å². The minimum Gasteiger partial charge on any atom is -0.452 e. The summed E-state index contributed by atoms with van der Waals surface area (Å²) >= 11 is 4.94. The van der Waals surface area contributed by atoms with E-state index < -0.39 is 5.97 Å². The summed E-state index contributed by atoms with van der Waals surface area (Å²) in [6.45, 7) is 0.272. The van der Waals surface area contributed by atoms with Gasteiger partial charge in [0.25, 0.3) is 5.91 Å². The first kappa shape index (κ1) is 15.7. The van der Waals surface area contributed by atoms with Crippen LogP contribution in [0, 0.1) is 0 Å². The summed E-state index contributed by atoms with van der Waals surface area (Å²) in [5.41, 5.74) is 0.421. The summed E-state index contributed by atoms with van der Waals surface area (Å²) in [6.07, 6.45) is 0.782. The molecule has 0 atom stereocenters. The van der Waals surface area contributed by atoms with Gasteiger partial charge in [-0.15, -0.1) is 11.3 Å². The lowest BCUT2D eigenvalue weighted by Crippen LogP contribution is -2.30. The molecule has 0 bridgehead atoms. The molecular formula is C15H14BrNO3S. The molecule has 0 fully saturated rings. The fraction of sp³-hybridized carbons (Fsp3) is 0.200. The van der Waals surface area contributed by atoms with Gasteiger partial charge in [0.2, 0.25) is 0 Å². The summed E-state index contributed by atoms with van der Waals surface area (Å²) in [7, 11) is 0. The van der Waals surface area contributed by atoms with Crippen molar-refractivity contribution in [1.29, 1.82) is 0 Å². The lowest BCUT2D eigenvalue weighted by molar-refractivity contribution is -0.124. The van der Waals surface area contributed by atoms with Crippen LogP contribution in [0.15, 0.2) is 46.3 Å². The number of carbonyl (C=O) groups is 2. The van der Waals surface area contributed by atoms with Crippen LogP contribution in [-0.2, 0) is 16.0 Å². The highest BCUT2D eigenvalue weighted by atomic mass is 79.9. The number of carbonyl (C=O) groups excluding carboxylic acids is 2. The molecular weight excluding hydrogens is 354 g/mol. The van der Waals surface area contributed by atoms with E-state index in [0.717, 1.165) is 10.9 Å². The molecule has 0 saturated carbocycles. The number of benzene rings is 1. The summed E-state index contributed by atoms with van der Waals surface area (Å²) in [5, 5.41) is 4.72. The molecule has 1 heterocycles. The number of amides is 1. The maximum Gasteiger partial charge on any atom is 0.338 e. The van der Waals surface area contributed by atoms with Crippen molar-refractivity contribution in [1.82, 2.24) is 5.32 Å². The molecule has 0 radical (unpaired) electrons. The molecule has 1 aromatic carbocycles. The number of nitrogens with one attached hydrogen (secondary N) is 1. The van der Waals surface area contributed by atoms with Gasteiger partial charge in [-0.05, 0) is 42.1 Å². The Balaban J connectivity index is 1.68. The molecule has 1 amide bonds. The first-order chi connectivity index (χ1) is 10.1. The van der Waals surface area contributed by atoms with E-state index in [0.29, 0.717) is 12.1 Å². The summed E-state index contributed by atoms with van der Waals surface area (Å²) in [6, 6.07) is 10.8. The second kappa shape index (κ2) is 7.95. The van der Waals surface area contributed by atoms with Gasteiger partial charge < -0.3 is 10.1 Å². The highest BCUT2D eigenvalue weighted by Gasteiger charge is 2.09. The van der Waals surface area contributed by atoms with Crippen LogP contribution in [0.25, 0.3) is 0 Å². The maximum atomic E-state index is 11.7. The highest BCUT2D eigenvalue weighted by Crippen LogP contribution is 2.11. The SMILES string of the molecule is O=C(COC(=O)c1ccc(Br)cc1)NCCc1cccs1. The Hall–Kier alpha value is -1.66. The van der Waals surface area contributed by atoms with Gasteiger partial charge in [0, 0.05) is 15.9 Å². The van der Waals surface area contributed by atoms with E-state index in [4.69, 9.17) is 4.74 Å². The number of ether oxygens (including phenoxy) is 1. The molecule has 21 heavy (non-hydrogen) atoms. The van der Waals surface area contributed by atoms with Gasteiger partial charge in [-0.25, -0.2) is 4.79 Å². The Morgan fingerprint density at radius 3 is 2.62 bits per heavy atom. The minimum atomic E-state index is -0.504. The number of esters is 1. The molecule has 0 unspecified atom stereocenters. The molecule has 0 spiro atoms. The number of halogens is 1. The first-order valence-electron chi connectivity index (χ1n) is 6.37. The number of rotatable bonds is 6. The van der Waals surface area contributed by atoms with Crippen LogP contribution < -0.4 is 5.32 Å². The Bertz CT molecular complexity index is 596. The standard InChI is InChI=1S/C15H14BrNO3S/c16-12-5-3-11(4-6-12)15(19)20-10-14(18)17-8-7-13-2-1-9-21-13/h1-6,9H,7-8,10H2,(H,17,18). The van der Waals surface area contributed by atoms with E-state index in [2.05, 4.69) is 21.2 Å². The smallest absolute Gasteiger partial charge is 0.338 e. The van der Waals surface area contributed by atoms with Gasteiger partial charge in [-0.2, -0.15) is 0 Å². The summed E-state index contributed by atoms with van der Waals surface area (Å²) in [5.74, 6) is -0.798. The third-order valence-corrected chi connectivity index (χ3v) is 4.15. The summed E-state index contributed by atoms with van der Waals surface area (Å²) in [4.78, 5) is 24.5. The normalized spacial score (nSPS) is 10.1. The zero-order chi connectivity index (χ0) is 15.1. The summed E-state index contributed by atoms with van der Waals surface area (Å²) < 4.78 is 5.83. The van der Waals surface area contributed by atoms with Crippen molar-refractivity contribution in [2.75, 3.05) is 13.2 Å². The average Bonchev–Trinajstić information content (AvgIpc) is 2.99. The molecule has 110 valence electrons. The molecule has 0 saturated heterocycles. The maximum absolute atomic E-state index is 11.7. The van der Waals surface area contributed by atoms with E-state index in [1.165, 1.54) is 4.88 Å². The van der Waals surface area contributed by atoms with Gasteiger partial charge in [-0.1, -0.05) is 22.0 Å². The van der Waals surface area contributed by atoms with Crippen LogP contribution in [0.5, 0.6) is 0 Å². The van der Waals surface area contributed by atoms with Crippen molar-refractivity contribution >= 4 is 39.1 Å². The predicted octanol–water partition coefficient (Wildman–Crippen LogP) is 3.03. The predicted molar refractivity (Wildman–Crippen MR) is 85.5 cm³/mol. The molecule has 6 heteroatoms. The number of hydrogen-bond acceptors (Lipinski definition) is 4. The highest BCUT2D eigenvalue weighted by molar-refractivity contribution is 9.10. The quantitative estimate of drug-likeness (QED) is 0.798. The van der Waals surface area contributed by atoms with Crippen molar-refractivity contribution < 1.29 is 14.3 Å². The van der Waals surface area contributed by atoms with Crippen LogP contribution in [-0.4, -0.2) is 25.0 Å². The second-order valence-corrected chi connectivity index (χ2v) is 6.21. The average molecular weight is 368 g/mol. The van der Waals surface area contributed by atoms with Gasteiger partial charge >= 0.3 is 5.97 Å². The molecule has 0 aliphatic rings. The molecule has 1 aromatic heterocycles. The van der Waals surface area contributed by atoms with E-state index in [9.17, 15) is 9.59 Å². The van der Waals surface area contributed by atoms with Crippen molar-refractivity contribution in [3.63, 3.8) is 0 Å². The van der Waals surface area contributed by atoms with Crippen LogP contribution in [0.4, 0.5) is 0 Å². The van der Waals surface area contributed by atoms with Gasteiger partial charge in [0.15, 0.2) is 6.61 Å². The van der Waals surface area contributed by atoms with Gasteiger partial charge in [0.1, 0.15) is 0 Å². The molecule has 0 aliphatic carbocycles.